The molecule has 0 N–H and O–H groups in total. The van der Waals surface area contributed by atoms with Crippen LogP contribution in [0.1, 0.15) is 21.7 Å². The first-order valence-electron chi connectivity index (χ1n) is 11.1. The number of rotatable bonds is 4. The Morgan fingerprint density at radius 2 is 1.61 bits per heavy atom. The third kappa shape index (κ3) is 4.35. The van der Waals surface area contributed by atoms with E-state index in [1.54, 1.807) is 6.20 Å². The van der Waals surface area contributed by atoms with Crippen LogP contribution >= 0.6 is 0 Å². The normalized spacial score (nSPS) is 13.9. The first-order chi connectivity index (χ1) is 16.1. The number of anilines is 1. The second kappa shape index (κ2) is 8.86. The van der Waals surface area contributed by atoms with Gasteiger partial charge in [0.1, 0.15) is 5.82 Å². The zero-order chi connectivity index (χ0) is 22.8. The number of amides is 1. The number of aryl methyl sites for hydroxylation is 2. The second-order valence-electron chi connectivity index (χ2n) is 8.27. The minimum absolute atomic E-state index is 0.0576. The number of nitrogens with zero attached hydrogens (tertiary/aromatic N) is 6. The van der Waals surface area contributed by atoms with Crippen molar-refractivity contribution in [3.05, 3.63) is 89.9 Å². The Balaban J connectivity index is 1.24. The quantitative estimate of drug-likeness (QED) is 0.483. The molecule has 2 aromatic carbocycles. The van der Waals surface area contributed by atoms with Crippen molar-refractivity contribution in [3.8, 4) is 17.1 Å². The lowest BCUT2D eigenvalue weighted by Crippen LogP contribution is -2.49. The van der Waals surface area contributed by atoms with Crippen LogP contribution in [0.2, 0.25) is 0 Å². The molecule has 33 heavy (non-hydrogen) atoms. The lowest BCUT2D eigenvalue weighted by molar-refractivity contribution is 0.0746. The summed E-state index contributed by atoms with van der Waals surface area (Å²) in [4.78, 5) is 26.3. The molecule has 1 aliphatic rings. The molecule has 5 rings (SSSR count). The first-order valence-corrected chi connectivity index (χ1v) is 11.1. The Bertz CT molecular complexity index is 1260. The maximum atomic E-state index is 13.1. The molecule has 0 spiro atoms. The van der Waals surface area contributed by atoms with Crippen LogP contribution in [0.3, 0.4) is 0 Å². The van der Waals surface area contributed by atoms with Gasteiger partial charge in [-0.25, -0.2) is 14.6 Å². The molecule has 2 aromatic heterocycles. The van der Waals surface area contributed by atoms with Crippen molar-refractivity contribution in [2.24, 2.45) is 0 Å². The number of carbonyl (C=O) groups excluding carboxylic acids is 1. The van der Waals surface area contributed by atoms with E-state index in [1.807, 2.05) is 90.2 Å². The van der Waals surface area contributed by atoms with Crippen LogP contribution in [0.25, 0.3) is 17.1 Å². The van der Waals surface area contributed by atoms with E-state index in [4.69, 9.17) is 4.98 Å². The van der Waals surface area contributed by atoms with Crippen molar-refractivity contribution >= 4 is 11.7 Å². The van der Waals surface area contributed by atoms with E-state index in [1.165, 1.54) is 0 Å². The standard InChI is InChI=1S/C26H26N6O/c1-19-18-20(2)32(29-19)23-10-8-22(9-11-23)26(33)31-16-14-30(15-17-31)24-12-13-27-25(28-24)21-6-4-3-5-7-21/h3-13,18H,14-17H2,1-2H3. The van der Waals surface area contributed by atoms with Gasteiger partial charge in [-0.05, 0) is 50.2 Å². The summed E-state index contributed by atoms with van der Waals surface area (Å²) in [6, 6.07) is 21.6. The van der Waals surface area contributed by atoms with E-state index in [-0.39, 0.29) is 5.91 Å². The van der Waals surface area contributed by atoms with E-state index in [0.717, 1.165) is 41.5 Å². The predicted molar refractivity (Wildman–Crippen MR) is 129 cm³/mol. The van der Waals surface area contributed by atoms with Crippen molar-refractivity contribution in [1.29, 1.82) is 0 Å². The van der Waals surface area contributed by atoms with Crippen molar-refractivity contribution in [1.82, 2.24) is 24.6 Å². The number of benzene rings is 2. The Kier molecular flexibility index (Phi) is 5.60. The molecule has 4 aromatic rings. The fraction of sp³-hybridized carbons (Fsp3) is 0.231. The Labute approximate surface area is 193 Å². The zero-order valence-electron chi connectivity index (χ0n) is 18.8. The molecule has 0 radical (unpaired) electrons. The first kappa shape index (κ1) is 20.9. The van der Waals surface area contributed by atoms with Crippen molar-refractivity contribution < 1.29 is 4.79 Å². The highest BCUT2D eigenvalue weighted by Gasteiger charge is 2.23. The Hall–Kier alpha value is -4.00. The van der Waals surface area contributed by atoms with E-state index < -0.39 is 0 Å². The summed E-state index contributed by atoms with van der Waals surface area (Å²) in [6.45, 7) is 6.79. The van der Waals surface area contributed by atoms with Gasteiger partial charge in [-0.1, -0.05) is 30.3 Å². The Morgan fingerprint density at radius 3 is 2.27 bits per heavy atom. The van der Waals surface area contributed by atoms with Crippen LogP contribution in [0, 0.1) is 13.8 Å². The van der Waals surface area contributed by atoms with Crippen LogP contribution in [0.5, 0.6) is 0 Å². The fourth-order valence-corrected chi connectivity index (χ4v) is 4.21. The van der Waals surface area contributed by atoms with Crippen LogP contribution in [-0.4, -0.2) is 56.7 Å². The van der Waals surface area contributed by atoms with E-state index in [2.05, 4.69) is 15.0 Å². The Morgan fingerprint density at radius 1 is 0.879 bits per heavy atom. The predicted octanol–water partition coefficient (Wildman–Crippen LogP) is 3.91. The summed E-state index contributed by atoms with van der Waals surface area (Å²) in [6.07, 6.45) is 1.80. The summed E-state index contributed by atoms with van der Waals surface area (Å²) in [5.41, 5.74) is 4.70. The molecule has 3 heterocycles. The highest BCUT2D eigenvalue weighted by molar-refractivity contribution is 5.94. The van der Waals surface area contributed by atoms with Gasteiger partial charge in [0.2, 0.25) is 0 Å². The van der Waals surface area contributed by atoms with Gasteiger partial charge in [-0.3, -0.25) is 4.79 Å². The summed E-state index contributed by atoms with van der Waals surface area (Å²) in [7, 11) is 0. The maximum absolute atomic E-state index is 13.1. The summed E-state index contributed by atoms with van der Waals surface area (Å²) >= 11 is 0. The number of carbonyl (C=O) groups is 1. The molecule has 0 saturated carbocycles. The van der Waals surface area contributed by atoms with E-state index >= 15 is 0 Å². The molecule has 0 atom stereocenters. The molecule has 166 valence electrons. The molecule has 0 unspecified atom stereocenters. The number of hydrogen-bond acceptors (Lipinski definition) is 5. The molecule has 1 amide bonds. The van der Waals surface area contributed by atoms with Crippen LogP contribution in [0.4, 0.5) is 5.82 Å². The monoisotopic (exact) mass is 438 g/mol. The van der Waals surface area contributed by atoms with Gasteiger partial charge in [0, 0.05) is 49.2 Å². The average molecular weight is 439 g/mol. The van der Waals surface area contributed by atoms with Gasteiger partial charge in [0.25, 0.3) is 5.91 Å². The number of aromatic nitrogens is 4. The highest BCUT2D eigenvalue weighted by Crippen LogP contribution is 2.20. The largest absolute Gasteiger partial charge is 0.353 e. The fourth-order valence-electron chi connectivity index (χ4n) is 4.21. The topological polar surface area (TPSA) is 67.2 Å². The van der Waals surface area contributed by atoms with E-state index in [9.17, 15) is 4.79 Å². The minimum Gasteiger partial charge on any atom is -0.353 e. The lowest BCUT2D eigenvalue weighted by atomic mass is 10.1. The van der Waals surface area contributed by atoms with E-state index in [0.29, 0.717) is 24.5 Å². The molecule has 7 nitrogen and oxygen atoms in total. The molecule has 0 bridgehead atoms. The summed E-state index contributed by atoms with van der Waals surface area (Å²) in [5.74, 6) is 1.67. The van der Waals surface area contributed by atoms with Gasteiger partial charge in [0.05, 0.1) is 11.4 Å². The maximum Gasteiger partial charge on any atom is 0.253 e. The molecule has 0 aliphatic carbocycles. The average Bonchev–Trinajstić information content (AvgIpc) is 3.22. The number of hydrogen-bond donors (Lipinski definition) is 0. The smallest absolute Gasteiger partial charge is 0.253 e. The van der Waals surface area contributed by atoms with Gasteiger partial charge in [-0.2, -0.15) is 5.10 Å². The zero-order valence-corrected chi connectivity index (χ0v) is 18.8. The van der Waals surface area contributed by atoms with Crippen LogP contribution in [-0.2, 0) is 0 Å². The van der Waals surface area contributed by atoms with Crippen LogP contribution < -0.4 is 4.90 Å². The summed E-state index contributed by atoms with van der Waals surface area (Å²) in [5, 5.41) is 4.51. The molecule has 7 heteroatoms. The van der Waals surface area contributed by atoms with Crippen molar-refractivity contribution in [2.45, 2.75) is 13.8 Å². The highest BCUT2D eigenvalue weighted by atomic mass is 16.2. The van der Waals surface area contributed by atoms with Crippen molar-refractivity contribution in [2.75, 3.05) is 31.1 Å². The molecule has 1 fully saturated rings. The van der Waals surface area contributed by atoms with Crippen molar-refractivity contribution in [3.63, 3.8) is 0 Å². The summed E-state index contributed by atoms with van der Waals surface area (Å²) < 4.78 is 1.90. The molecule has 1 aliphatic heterocycles. The molecule has 1 saturated heterocycles. The third-order valence-electron chi connectivity index (χ3n) is 5.93. The SMILES string of the molecule is Cc1cc(C)n(-c2ccc(C(=O)N3CCN(c4ccnc(-c5ccccc5)n4)CC3)cc2)n1. The van der Waals surface area contributed by atoms with Gasteiger partial charge in [0.15, 0.2) is 5.82 Å². The molecular formula is C26H26N6O. The second-order valence-corrected chi connectivity index (χ2v) is 8.27. The molecular weight excluding hydrogens is 412 g/mol. The van der Waals surface area contributed by atoms with Gasteiger partial charge in [-0.15, -0.1) is 0 Å². The number of piperazine rings is 1. The lowest BCUT2D eigenvalue weighted by Gasteiger charge is -2.35. The third-order valence-corrected chi connectivity index (χ3v) is 5.93. The van der Waals surface area contributed by atoms with Crippen LogP contribution in [0.15, 0.2) is 72.9 Å². The van der Waals surface area contributed by atoms with Gasteiger partial charge < -0.3 is 9.80 Å². The minimum atomic E-state index is 0.0576. The van der Waals surface area contributed by atoms with Gasteiger partial charge >= 0.3 is 0 Å².